The molecule has 1 aromatic rings. The summed E-state index contributed by atoms with van der Waals surface area (Å²) in [5.74, 6) is 0.748. The third-order valence-corrected chi connectivity index (χ3v) is 5.42. The van der Waals surface area contributed by atoms with Gasteiger partial charge in [0.25, 0.3) is 0 Å². The van der Waals surface area contributed by atoms with Crippen molar-refractivity contribution >= 4 is 5.97 Å². The van der Waals surface area contributed by atoms with Gasteiger partial charge in [-0.15, -0.1) is 0 Å². The standard InChI is InChI=1S/C29H50O10/c1-24(2)26-7-6-8-27(25(3)4)29(26)39-28(30)23-38-22-21-37-20-19-36-18-17-35-16-15-34-14-13-33-12-11-32-10-9-31-5/h6-8,24-25H,9-23H2,1-5H3. The van der Waals surface area contributed by atoms with Crippen LogP contribution in [-0.2, 0) is 42.7 Å². The fourth-order valence-electron chi connectivity index (χ4n) is 3.36. The van der Waals surface area contributed by atoms with Crippen LogP contribution in [0.3, 0.4) is 0 Å². The Morgan fingerprint density at radius 1 is 0.564 bits per heavy atom. The molecule has 0 N–H and O–H groups in total. The molecule has 0 aromatic heterocycles. The summed E-state index contributed by atoms with van der Waals surface area (Å²) in [5.41, 5.74) is 2.04. The summed E-state index contributed by atoms with van der Waals surface area (Å²) in [7, 11) is 1.64. The van der Waals surface area contributed by atoms with Crippen molar-refractivity contribution in [3.63, 3.8) is 0 Å². The molecule has 0 aliphatic heterocycles. The van der Waals surface area contributed by atoms with Gasteiger partial charge in [0, 0.05) is 7.11 Å². The van der Waals surface area contributed by atoms with Gasteiger partial charge in [-0.2, -0.15) is 0 Å². The maximum Gasteiger partial charge on any atom is 0.337 e. The van der Waals surface area contributed by atoms with Crippen LogP contribution >= 0.6 is 0 Å². The fraction of sp³-hybridized carbons (Fsp3) is 0.759. The van der Waals surface area contributed by atoms with Crippen LogP contribution in [0.1, 0.15) is 50.7 Å². The Morgan fingerprint density at radius 2 is 0.897 bits per heavy atom. The molecule has 0 atom stereocenters. The number of rotatable bonds is 26. The van der Waals surface area contributed by atoms with Crippen LogP contribution in [0.15, 0.2) is 18.2 Å². The van der Waals surface area contributed by atoms with Gasteiger partial charge >= 0.3 is 5.97 Å². The van der Waals surface area contributed by atoms with E-state index in [1.807, 2.05) is 18.2 Å². The highest BCUT2D eigenvalue weighted by Gasteiger charge is 2.18. The molecule has 0 heterocycles. The van der Waals surface area contributed by atoms with Crippen molar-refractivity contribution in [2.45, 2.75) is 39.5 Å². The lowest BCUT2D eigenvalue weighted by Gasteiger charge is -2.18. The van der Waals surface area contributed by atoms with E-state index in [4.69, 9.17) is 42.6 Å². The Bertz CT molecular complexity index is 700. The van der Waals surface area contributed by atoms with Gasteiger partial charge in [-0.25, -0.2) is 4.79 Å². The van der Waals surface area contributed by atoms with Crippen LogP contribution < -0.4 is 4.74 Å². The monoisotopic (exact) mass is 558 g/mol. The van der Waals surface area contributed by atoms with E-state index >= 15 is 0 Å². The van der Waals surface area contributed by atoms with Crippen molar-refractivity contribution in [3.8, 4) is 5.75 Å². The van der Waals surface area contributed by atoms with E-state index in [0.717, 1.165) is 11.1 Å². The SMILES string of the molecule is COCCOCCOCCOCCOCCOCCOCCOCC(=O)Oc1c(C(C)C)cccc1C(C)C. The molecule has 0 unspecified atom stereocenters. The summed E-state index contributed by atoms with van der Waals surface area (Å²) in [4.78, 5) is 12.3. The maximum absolute atomic E-state index is 12.3. The largest absolute Gasteiger partial charge is 0.424 e. The number of esters is 1. The highest BCUT2D eigenvalue weighted by molar-refractivity contribution is 5.74. The van der Waals surface area contributed by atoms with Gasteiger partial charge in [0.2, 0.25) is 0 Å². The summed E-state index contributed by atoms with van der Waals surface area (Å²) >= 11 is 0. The first kappa shape index (κ1) is 35.4. The topological polar surface area (TPSA) is 100 Å². The molecule has 0 radical (unpaired) electrons. The van der Waals surface area contributed by atoms with Crippen molar-refractivity contribution in [1.29, 1.82) is 0 Å². The molecule has 0 bridgehead atoms. The molecular weight excluding hydrogens is 508 g/mol. The highest BCUT2D eigenvalue weighted by Crippen LogP contribution is 2.34. The number of benzene rings is 1. The van der Waals surface area contributed by atoms with E-state index in [2.05, 4.69) is 27.7 Å². The lowest BCUT2D eigenvalue weighted by atomic mass is 9.94. The highest BCUT2D eigenvalue weighted by atomic mass is 16.6. The Hall–Kier alpha value is -1.63. The third-order valence-electron chi connectivity index (χ3n) is 5.42. The van der Waals surface area contributed by atoms with Crippen molar-refractivity contribution in [2.75, 3.05) is 106 Å². The van der Waals surface area contributed by atoms with E-state index in [9.17, 15) is 4.79 Å². The Kier molecular flexibility index (Phi) is 22.0. The van der Waals surface area contributed by atoms with Crippen LogP contribution in [0.4, 0.5) is 0 Å². The lowest BCUT2D eigenvalue weighted by molar-refractivity contribution is -0.140. The second-order valence-corrected chi connectivity index (χ2v) is 9.27. The Labute approximate surface area is 234 Å². The number of hydrogen-bond donors (Lipinski definition) is 0. The second-order valence-electron chi connectivity index (χ2n) is 9.27. The zero-order valence-electron chi connectivity index (χ0n) is 24.6. The van der Waals surface area contributed by atoms with Crippen molar-refractivity contribution < 1.29 is 47.4 Å². The van der Waals surface area contributed by atoms with Gasteiger partial charge in [-0.1, -0.05) is 45.9 Å². The molecular formula is C29H50O10. The van der Waals surface area contributed by atoms with Gasteiger partial charge in [-0.05, 0) is 23.0 Å². The smallest absolute Gasteiger partial charge is 0.337 e. The molecule has 226 valence electrons. The van der Waals surface area contributed by atoms with Gasteiger partial charge in [0.1, 0.15) is 12.4 Å². The molecule has 10 heteroatoms. The van der Waals surface area contributed by atoms with Crippen molar-refractivity contribution in [3.05, 3.63) is 29.3 Å². The molecule has 0 saturated heterocycles. The summed E-state index contributed by atoms with van der Waals surface area (Å²) < 4.78 is 48.5. The summed E-state index contributed by atoms with van der Waals surface area (Å²) in [6.07, 6.45) is 0. The molecule has 1 rings (SSSR count). The zero-order valence-corrected chi connectivity index (χ0v) is 24.6. The number of ether oxygens (including phenoxy) is 9. The van der Waals surface area contributed by atoms with E-state index in [0.29, 0.717) is 98.2 Å². The Balaban J connectivity index is 1.91. The molecule has 10 nitrogen and oxygen atoms in total. The first-order valence-electron chi connectivity index (χ1n) is 13.8. The predicted molar refractivity (Wildman–Crippen MR) is 148 cm³/mol. The van der Waals surface area contributed by atoms with E-state index < -0.39 is 5.97 Å². The van der Waals surface area contributed by atoms with Crippen LogP contribution in [0.2, 0.25) is 0 Å². The molecule has 0 fully saturated rings. The minimum absolute atomic E-state index is 0.123. The van der Waals surface area contributed by atoms with Gasteiger partial charge in [0.05, 0.1) is 92.5 Å². The molecule has 0 spiro atoms. The molecule has 0 saturated carbocycles. The van der Waals surface area contributed by atoms with Crippen LogP contribution in [0.25, 0.3) is 0 Å². The number of hydrogen-bond acceptors (Lipinski definition) is 10. The van der Waals surface area contributed by atoms with Crippen LogP contribution in [-0.4, -0.2) is 112 Å². The number of para-hydroxylation sites is 1. The normalized spacial score (nSPS) is 11.6. The van der Waals surface area contributed by atoms with E-state index in [-0.39, 0.29) is 18.4 Å². The van der Waals surface area contributed by atoms with Crippen LogP contribution in [0, 0.1) is 0 Å². The van der Waals surface area contributed by atoms with E-state index in [1.54, 1.807) is 7.11 Å². The maximum atomic E-state index is 12.3. The lowest BCUT2D eigenvalue weighted by Crippen LogP contribution is -2.20. The third kappa shape index (κ3) is 18.4. The molecule has 0 aliphatic rings. The number of carbonyl (C=O) groups is 1. The fourth-order valence-corrected chi connectivity index (χ4v) is 3.36. The first-order chi connectivity index (χ1) is 19.0. The van der Waals surface area contributed by atoms with Crippen molar-refractivity contribution in [1.82, 2.24) is 0 Å². The van der Waals surface area contributed by atoms with Gasteiger partial charge in [0.15, 0.2) is 0 Å². The average Bonchev–Trinajstić information content (AvgIpc) is 2.91. The molecule has 0 aliphatic carbocycles. The summed E-state index contributed by atoms with van der Waals surface area (Å²) in [5, 5.41) is 0. The minimum Gasteiger partial charge on any atom is -0.424 e. The zero-order chi connectivity index (χ0) is 28.6. The number of carbonyl (C=O) groups excluding carboxylic acids is 1. The molecule has 0 amide bonds. The van der Waals surface area contributed by atoms with Gasteiger partial charge in [-0.3, -0.25) is 0 Å². The Morgan fingerprint density at radius 3 is 1.23 bits per heavy atom. The number of methoxy groups -OCH3 is 1. The predicted octanol–water partition coefficient (Wildman–Crippen LogP) is 3.60. The molecule has 1 aromatic carbocycles. The first-order valence-corrected chi connectivity index (χ1v) is 13.8. The second kappa shape index (κ2) is 24.2. The summed E-state index contributed by atoms with van der Waals surface area (Å²) in [6, 6.07) is 6.01. The van der Waals surface area contributed by atoms with Crippen molar-refractivity contribution in [2.24, 2.45) is 0 Å². The molecule has 39 heavy (non-hydrogen) atoms. The summed E-state index contributed by atoms with van der Waals surface area (Å²) in [6.45, 7) is 15.1. The minimum atomic E-state index is -0.411. The quantitative estimate of drug-likeness (QED) is 0.0953. The van der Waals surface area contributed by atoms with E-state index in [1.165, 1.54) is 0 Å². The van der Waals surface area contributed by atoms with Gasteiger partial charge < -0.3 is 42.6 Å². The van der Waals surface area contributed by atoms with Crippen LogP contribution in [0.5, 0.6) is 5.75 Å². The average molecular weight is 559 g/mol.